The van der Waals surface area contributed by atoms with E-state index in [-0.39, 0.29) is 18.4 Å². The first kappa shape index (κ1) is 15.0. The Morgan fingerprint density at radius 1 is 0.944 bits per heavy atom. The van der Waals surface area contributed by atoms with Gasteiger partial charge in [0, 0.05) is 20.3 Å². The molecule has 0 saturated carbocycles. The average molecular weight is 253 g/mol. The smallest absolute Gasteiger partial charge is 0.171 e. The summed E-state index contributed by atoms with van der Waals surface area (Å²) in [5, 5.41) is 3.44. The molecule has 0 heterocycles. The first-order valence-electron chi connectivity index (χ1n) is 6.08. The molecule has 102 valence electrons. The third-order valence-corrected chi connectivity index (χ3v) is 3.00. The number of hydrogen-bond acceptors (Lipinski definition) is 4. The van der Waals surface area contributed by atoms with Crippen molar-refractivity contribution in [1.29, 1.82) is 0 Å². The van der Waals surface area contributed by atoms with E-state index in [0.717, 1.165) is 5.75 Å². The van der Waals surface area contributed by atoms with Gasteiger partial charge >= 0.3 is 0 Å². The standard InChI is InChI=1S/C14H23NO3/c1-10(15-11(2)14(17-4)18-5)12-6-8-13(16-3)9-7-12/h6-11,14-15H,1-5H3/t10-,11?/m0/s1. The number of hydrogen-bond donors (Lipinski definition) is 1. The normalized spacial score (nSPS) is 14.6. The molecule has 0 bridgehead atoms. The van der Waals surface area contributed by atoms with Gasteiger partial charge in [-0.1, -0.05) is 12.1 Å². The molecule has 0 aliphatic carbocycles. The van der Waals surface area contributed by atoms with Crippen molar-refractivity contribution in [2.75, 3.05) is 21.3 Å². The molecule has 0 aromatic heterocycles. The minimum Gasteiger partial charge on any atom is -0.497 e. The molecule has 0 fully saturated rings. The van der Waals surface area contributed by atoms with Crippen LogP contribution in [-0.4, -0.2) is 33.7 Å². The molecule has 4 nitrogen and oxygen atoms in total. The molecule has 18 heavy (non-hydrogen) atoms. The van der Waals surface area contributed by atoms with Crippen LogP contribution in [0.25, 0.3) is 0 Å². The first-order valence-corrected chi connectivity index (χ1v) is 6.08. The van der Waals surface area contributed by atoms with Gasteiger partial charge in [0.15, 0.2) is 6.29 Å². The zero-order chi connectivity index (χ0) is 13.5. The third-order valence-electron chi connectivity index (χ3n) is 3.00. The molecule has 0 radical (unpaired) electrons. The fourth-order valence-electron chi connectivity index (χ4n) is 1.97. The lowest BCUT2D eigenvalue weighted by atomic mass is 10.1. The van der Waals surface area contributed by atoms with Crippen LogP contribution in [-0.2, 0) is 9.47 Å². The maximum Gasteiger partial charge on any atom is 0.171 e. The van der Waals surface area contributed by atoms with Crippen LogP contribution in [0.15, 0.2) is 24.3 Å². The highest BCUT2D eigenvalue weighted by molar-refractivity contribution is 5.28. The van der Waals surface area contributed by atoms with Crippen molar-refractivity contribution in [3.63, 3.8) is 0 Å². The van der Waals surface area contributed by atoms with Gasteiger partial charge in [-0.25, -0.2) is 0 Å². The summed E-state index contributed by atoms with van der Waals surface area (Å²) in [7, 11) is 4.95. The van der Waals surface area contributed by atoms with Crippen molar-refractivity contribution < 1.29 is 14.2 Å². The van der Waals surface area contributed by atoms with Crippen LogP contribution in [0.3, 0.4) is 0 Å². The van der Waals surface area contributed by atoms with Gasteiger partial charge in [0.25, 0.3) is 0 Å². The summed E-state index contributed by atoms with van der Waals surface area (Å²) in [6.07, 6.45) is -0.245. The number of nitrogens with one attached hydrogen (secondary N) is 1. The van der Waals surface area contributed by atoms with E-state index in [1.807, 2.05) is 19.1 Å². The second-order valence-corrected chi connectivity index (χ2v) is 4.29. The van der Waals surface area contributed by atoms with Gasteiger partial charge in [-0.3, -0.25) is 0 Å². The molecule has 0 saturated heterocycles. The van der Waals surface area contributed by atoms with Crippen molar-refractivity contribution in [3.05, 3.63) is 29.8 Å². The maximum absolute atomic E-state index is 5.23. The van der Waals surface area contributed by atoms with Crippen LogP contribution in [0.1, 0.15) is 25.5 Å². The largest absolute Gasteiger partial charge is 0.497 e. The zero-order valence-corrected chi connectivity index (χ0v) is 11.8. The Morgan fingerprint density at radius 2 is 1.50 bits per heavy atom. The first-order chi connectivity index (χ1) is 8.62. The van der Waals surface area contributed by atoms with Crippen LogP contribution in [0.5, 0.6) is 5.75 Å². The van der Waals surface area contributed by atoms with E-state index in [1.165, 1.54) is 5.56 Å². The Kier molecular flexibility index (Phi) is 6.12. The Bertz CT molecular complexity index is 335. The molecule has 0 amide bonds. The Labute approximate surface area is 109 Å². The molecule has 1 unspecified atom stereocenters. The number of benzene rings is 1. The quantitative estimate of drug-likeness (QED) is 0.757. The lowest BCUT2D eigenvalue weighted by Crippen LogP contribution is -2.40. The van der Waals surface area contributed by atoms with E-state index in [9.17, 15) is 0 Å². The molecule has 1 rings (SSSR count). The van der Waals surface area contributed by atoms with Crippen LogP contribution in [0.2, 0.25) is 0 Å². The second-order valence-electron chi connectivity index (χ2n) is 4.29. The summed E-state index contributed by atoms with van der Waals surface area (Å²) in [6.45, 7) is 4.15. The minimum absolute atomic E-state index is 0.108. The number of rotatable bonds is 7. The van der Waals surface area contributed by atoms with E-state index < -0.39 is 0 Å². The van der Waals surface area contributed by atoms with Crippen molar-refractivity contribution >= 4 is 0 Å². The highest BCUT2D eigenvalue weighted by Crippen LogP contribution is 2.18. The summed E-state index contributed by atoms with van der Waals surface area (Å²) < 4.78 is 15.6. The molecule has 2 atom stereocenters. The predicted octanol–water partition coefficient (Wildman–Crippen LogP) is 2.35. The lowest BCUT2D eigenvalue weighted by molar-refractivity contribution is -0.120. The molecule has 0 aliphatic heterocycles. The van der Waals surface area contributed by atoms with Gasteiger partial charge in [-0.05, 0) is 31.5 Å². The van der Waals surface area contributed by atoms with Gasteiger partial charge in [0.05, 0.1) is 13.2 Å². The fourth-order valence-corrected chi connectivity index (χ4v) is 1.97. The van der Waals surface area contributed by atoms with Gasteiger partial charge in [-0.2, -0.15) is 0 Å². The number of methoxy groups -OCH3 is 3. The van der Waals surface area contributed by atoms with Crippen molar-refractivity contribution in [1.82, 2.24) is 5.32 Å². The topological polar surface area (TPSA) is 39.7 Å². The molecule has 1 aromatic rings. The Balaban J connectivity index is 2.60. The van der Waals surface area contributed by atoms with Crippen molar-refractivity contribution in [3.8, 4) is 5.75 Å². The van der Waals surface area contributed by atoms with E-state index in [1.54, 1.807) is 21.3 Å². The van der Waals surface area contributed by atoms with Crippen LogP contribution in [0.4, 0.5) is 0 Å². The van der Waals surface area contributed by atoms with Gasteiger partial charge in [0.2, 0.25) is 0 Å². The summed E-state index contributed by atoms with van der Waals surface area (Å²) in [5.41, 5.74) is 1.20. The third kappa shape index (κ3) is 3.98. The Morgan fingerprint density at radius 3 is 1.94 bits per heavy atom. The molecule has 0 spiro atoms. The van der Waals surface area contributed by atoms with Gasteiger partial charge < -0.3 is 19.5 Å². The van der Waals surface area contributed by atoms with E-state index >= 15 is 0 Å². The van der Waals surface area contributed by atoms with Crippen LogP contribution in [0, 0.1) is 0 Å². The number of ether oxygens (including phenoxy) is 3. The Hall–Kier alpha value is -1.10. The second kappa shape index (κ2) is 7.36. The van der Waals surface area contributed by atoms with Crippen molar-refractivity contribution in [2.45, 2.75) is 32.2 Å². The monoisotopic (exact) mass is 253 g/mol. The molecule has 4 heteroatoms. The average Bonchev–Trinajstić information content (AvgIpc) is 2.40. The summed E-state index contributed by atoms with van der Waals surface area (Å²) in [4.78, 5) is 0. The van der Waals surface area contributed by atoms with E-state index in [0.29, 0.717) is 0 Å². The summed E-state index contributed by atoms with van der Waals surface area (Å²) in [6, 6.07) is 8.36. The zero-order valence-electron chi connectivity index (χ0n) is 11.8. The maximum atomic E-state index is 5.23. The molecular formula is C14H23NO3. The van der Waals surface area contributed by atoms with Crippen LogP contribution < -0.4 is 10.1 Å². The summed E-state index contributed by atoms with van der Waals surface area (Å²) in [5.74, 6) is 0.866. The van der Waals surface area contributed by atoms with Gasteiger partial charge in [0.1, 0.15) is 5.75 Å². The minimum atomic E-state index is -0.245. The molecular weight excluding hydrogens is 230 g/mol. The molecule has 1 N–H and O–H groups in total. The molecule has 0 aliphatic rings. The van der Waals surface area contributed by atoms with E-state index in [2.05, 4.69) is 24.4 Å². The highest BCUT2D eigenvalue weighted by Gasteiger charge is 2.18. The summed E-state index contributed by atoms with van der Waals surface area (Å²) >= 11 is 0. The predicted molar refractivity (Wildman–Crippen MR) is 71.8 cm³/mol. The van der Waals surface area contributed by atoms with E-state index in [4.69, 9.17) is 14.2 Å². The fraction of sp³-hybridized carbons (Fsp3) is 0.571. The lowest BCUT2D eigenvalue weighted by Gasteiger charge is -2.26. The van der Waals surface area contributed by atoms with Crippen molar-refractivity contribution in [2.24, 2.45) is 0 Å². The SMILES string of the molecule is COc1ccc([C@H](C)NC(C)C(OC)OC)cc1. The van der Waals surface area contributed by atoms with Crippen LogP contribution >= 0.6 is 0 Å². The highest BCUT2D eigenvalue weighted by atomic mass is 16.7. The van der Waals surface area contributed by atoms with Gasteiger partial charge in [-0.15, -0.1) is 0 Å². The molecule has 1 aromatic carbocycles.